The average Bonchev–Trinajstić information content (AvgIpc) is 2.34. The maximum Gasteiger partial charge on any atom is 0.327 e. The van der Waals surface area contributed by atoms with Crippen LogP contribution in [0.25, 0.3) is 0 Å². The summed E-state index contributed by atoms with van der Waals surface area (Å²) in [5.41, 5.74) is 0. The van der Waals surface area contributed by atoms with Crippen LogP contribution in [0.2, 0.25) is 0 Å². The highest BCUT2D eigenvalue weighted by Gasteiger charge is 2.17. The van der Waals surface area contributed by atoms with E-state index < -0.39 is 23.9 Å². The molecule has 0 aliphatic rings. The third kappa shape index (κ3) is 8.58. The first-order valence-corrected chi connectivity index (χ1v) is 7.51. The highest BCUT2D eigenvalue weighted by atomic mass is 32.2. The van der Waals surface area contributed by atoms with Crippen molar-refractivity contribution in [3.8, 4) is 0 Å². The van der Waals surface area contributed by atoms with Gasteiger partial charge in [0.15, 0.2) is 0 Å². The smallest absolute Gasteiger partial charge is 0.327 e. The minimum absolute atomic E-state index is 0.241. The molecule has 0 spiro atoms. The second-order valence-electron chi connectivity index (χ2n) is 4.29. The van der Waals surface area contributed by atoms with Gasteiger partial charge in [-0.15, -0.1) is 0 Å². The lowest BCUT2D eigenvalue weighted by Crippen LogP contribution is -2.41. The molecular weight excluding hydrogens is 282 g/mol. The fraction of sp³-hybridized carbons (Fsp3) is 0.615. The lowest BCUT2D eigenvalue weighted by atomic mass is 10.0. The van der Waals surface area contributed by atoms with Crippen molar-refractivity contribution in [3.05, 3.63) is 12.2 Å². The highest BCUT2D eigenvalue weighted by molar-refractivity contribution is 7.99. The summed E-state index contributed by atoms with van der Waals surface area (Å²) in [4.78, 5) is 32.6. The van der Waals surface area contributed by atoms with Crippen LogP contribution < -0.4 is 5.32 Å². The topological polar surface area (TPSA) is 104 Å². The van der Waals surface area contributed by atoms with Crippen LogP contribution in [-0.4, -0.2) is 45.6 Å². The van der Waals surface area contributed by atoms with E-state index in [1.54, 1.807) is 12.2 Å². The molecule has 0 rings (SSSR count). The SMILES string of the molecule is CCC[C@H](/C=C/CSC[C@H](NC(C)=O)C(=O)O)C(=O)O. The zero-order valence-corrected chi connectivity index (χ0v) is 12.5. The van der Waals surface area contributed by atoms with Crippen molar-refractivity contribution < 1.29 is 24.6 Å². The Morgan fingerprint density at radius 1 is 1.25 bits per heavy atom. The van der Waals surface area contributed by atoms with Gasteiger partial charge >= 0.3 is 11.9 Å². The molecule has 7 heteroatoms. The van der Waals surface area contributed by atoms with Gasteiger partial charge in [-0.2, -0.15) is 11.8 Å². The van der Waals surface area contributed by atoms with Gasteiger partial charge in [-0.25, -0.2) is 4.79 Å². The number of hydrogen-bond donors (Lipinski definition) is 3. The van der Waals surface area contributed by atoms with Gasteiger partial charge < -0.3 is 15.5 Å². The average molecular weight is 303 g/mol. The summed E-state index contributed by atoms with van der Waals surface area (Å²) in [6, 6.07) is -0.920. The van der Waals surface area contributed by atoms with Gasteiger partial charge in [-0.1, -0.05) is 25.5 Å². The summed E-state index contributed by atoms with van der Waals surface area (Å²) in [6.07, 6.45) is 4.73. The van der Waals surface area contributed by atoms with E-state index in [1.807, 2.05) is 6.92 Å². The number of nitrogens with one attached hydrogen (secondary N) is 1. The first kappa shape index (κ1) is 18.5. The third-order valence-electron chi connectivity index (χ3n) is 2.46. The van der Waals surface area contributed by atoms with Crippen LogP contribution in [0.15, 0.2) is 12.2 Å². The van der Waals surface area contributed by atoms with Crippen LogP contribution >= 0.6 is 11.8 Å². The van der Waals surface area contributed by atoms with Crippen LogP contribution in [0.3, 0.4) is 0 Å². The van der Waals surface area contributed by atoms with Crippen LogP contribution in [0.4, 0.5) is 0 Å². The lowest BCUT2D eigenvalue weighted by molar-refractivity contribution is -0.141. The molecule has 0 saturated carbocycles. The summed E-state index contributed by atoms with van der Waals surface area (Å²) < 4.78 is 0. The first-order valence-electron chi connectivity index (χ1n) is 6.35. The Morgan fingerprint density at radius 3 is 2.35 bits per heavy atom. The van der Waals surface area contributed by atoms with Crippen molar-refractivity contribution >= 4 is 29.6 Å². The van der Waals surface area contributed by atoms with Gasteiger partial charge in [0, 0.05) is 18.4 Å². The van der Waals surface area contributed by atoms with Crippen molar-refractivity contribution in [2.24, 2.45) is 5.92 Å². The van der Waals surface area contributed by atoms with Gasteiger partial charge in [0.05, 0.1) is 5.92 Å². The molecule has 0 bridgehead atoms. The molecule has 0 aliphatic heterocycles. The Hall–Kier alpha value is -1.50. The number of carbonyl (C=O) groups excluding carboxylic acids is 1. The number of carboxylic acid groups (broad SMARTS) is 2. The lowest BCUT2D eigenvalue weighted by Gasteiger charge is -2.11. The first-order chi connectivity index (χ1) is 9.38. The molecule has 2 atom stereocenters. The largest absolute Gasteiger partial charge is 0.481 e. The van der Waals surface area contributed by atoms with Crippen molar-refractivity contribution in [3.63, 3.8) is 0 Å². The minimum atomic E-state index is -1.08. The molecule has 114 valence electrons. The molecule has 0 aromatic heterocycles. The second kappa shape index (κ2) is 10.3. The quantitative estimate of drug-likeness (QED) is 0.416. The highest BCUT2D eigenvalue weighted by Crippen LogP contribution is 2.10. The summed E-state index contributed by atoms with van der Waals surface area (Å²) >= 11 is 1.33. The Bertz CT molecular complexity index is 370. The Morgan fingerprint density at radius 2 is 1.90 bits per heavy atom. The molecule has 0 fully saturated rings. The van der Waals surface area contributed by atoms with E-state index in [9.17, 15) is 14.4 Å². The van der Waals surface area contributed by atoms with Crippen LogP contribution in [0.1, 0.15) is 26.7 Å². The number of amides is 1. The van der Waals surface area contributed by atoms with E-state index >= 15 is 0 Å². The van der Waals surface area contributed by atoms with Gasteiger partial charge in [0.25, 0.3) is 0 Å². The van der Waals surface area contributed by atoms with Crippen molar-refractivity contribution in [2.45, 2.75) is 32.7 Å². The fourth-order valence-corrected chi connectivity index (χ4v) is 2.35. The Labute approximate surface area is 122 Å². The molecule has 0 aromatic rings. The van der Waals surface area contributed by atoms with Gasteiger partial charge in [0.1, 0.15) is 6.04 Å². The number of hydrogen-bond acceptors (Lipinski definition) is 4. The van der Waals surface area contributed by atoms with E-state index in [1.165, 1.54) is 18.7 Å². The molecular formula is C13H21NO5S. The predicted molar refractivity (Wildman–Crippen MR) is 77.7 cm³/mol. The van der Waals surface area contributed by atoms with Crippen molar-refractivity contribution in [2.75, 3.05) is 11.5 Å². The van der Waals surface area contributed by atoms with Gasteiger partial charge in [-0.05, 0) is 6.42 Å². The van der Waals surface area contributed by atoms with Crippen LogP contribution in [-0.2, 0) is 14.4 Å². The molecule has 1 amide bonds. The molecule has 0 unspecified atom stereocenters. The molecule has 20 heavy (non-hydrogen) atoms. The Kier molecular flexibility index (Phi) is 9.53. The number of aliphatic carboxylic acids is 2. The molecule has 3 N–H and O–H groups in total. The van der Waals surface area contributed by atoms with Gasteiger partial charge in [0.2, 0.25) is 5.91 Å². The van der Waals surface area contributed by atoms with E-state index in [0.29, 0.717) is 12.2 Å². The predicted octanol–water partition coefficient (Wildman–Crippen LogP) is 1.37. The molecule has 0 aromatic carbocycles. The summed E-state index contributed by atoms with van der Waals surface area (Å²) in [7, 11) is 0. The van der Waals surface area contributed by atoms with Crippen molar-refractivity contribution in [1.82, 2.24) is 5.32 Å². The van der Waals surface area contributed by atoms with E-state index in [-0.39, 0.29) is 11.7 Å². The number of carboxylic acids is 2. The molecule has 0 heterocycles. The Balaban J connectivity index is 4.12. The monoisotopic (exact) mass is 303 g/mol. The normalized spacial score (nSPS) is 13.9. The maximum atomic E-state index is 10.9. The summed E-state index contributed by atoms with van der Waals surface area (Å²) in [5.74, 6) is -2.06. The molecule has 6 nitrogen and oxygen atoms in total. The number of thioether (sulfide) groups is 1. The minimum Gasteiger partial charge on any atom is -0.481 e. The number of carbonyl (C=O) groups is 3. The van der Waals surface area contributed by atoms with E-state index in [4.69, 9.17) is 10.2 Å². The molecule has 0 radical (unpaired) electrons. The fourth-order valence-electron chi connectivity index (χ4n) is 1.51. The van der Waals surface area contributed by atoms with Gasteiger partial charge in [-0.3, -0.25) is 9.59 Å². The maximum absolute atomic E-state index is 10.9. The zero-order chi connectivity index (χ0) is 15.5. The van der Waals surface area contributed by atoms with E-state index in [0.717, 1.165) is 6.42 Å². The summed E-state index contributed by atoms with van der Waals surface area (Å²) in [6.45, 7) is 3.19. The van der Waals surface area contributed by atoms with Crippen LogP contribution in [0.5, 0.6) is 0 Å². The second-order valence-corrected chi connectivity index (χ2v) is 5.37. The number of rotatable bonds is 10. The molecule has 0 saturated heterocycles. The van der Waals surface area contributed by atoms with Crippen LogP contribution in [0, 0.1) is 5.92 Å². The summed E-state index contributed by atoms with van der Waals surface area (Å²) in [5, 5.41) is 20.2. The van der Waals surface area contributed by atoms with Crippen molar-refractivity contribution in [1.29, 1.82) is 0 Å². The van der Waals surface area contributed by atoms with E-state index in [2.05, 4.69) is 5.32 Å². The zero-order valence-electron chi connectivity index (χ0n) is 11.7. The third-order valence-corrected chi connectivity index (χ3v) is 3.46. The molecule has 0 aliphatic carbocycles. The standard InChI is InChI=1S/C13H21NO5S/c1-3-5-10(12(16)17)6-4-7-20-8-11(13(18)19)14-9(2)15/h4,6,10-11H,3,5,7-8H2,1-2H3,(H,14,15)(H,16,17)(H,18,19)/b6-4+/t10-,11+/m1/s1.